The number of likely N-dealkylation sites (tertiary alicyclic amines) is 1. The van der Waals surface area contributed by atoms with Gasteiger partial charge in [-0.15, -0.1) is 0 Å². The highest BCUT2D eigenvalue weighted by Crippen LogP contribution is 2.27. The molecule has 0 aromatic heterocycles. The van der Waals surface area contributed by atoms with Crippen LogP contribution in [0.1, 0.15) is 12.5 Å². The minimum absolute atomic E-state index is 0.645. The quantitative estimate of drug-likeness (QED) is 0.827. The van der Waals surface area contributed by atoms with Crippen molar-refractivity contribution in [2.45, 2.75) is 19.5 Å². The van der Waals surface area contributed by atoms with Crippen LogP contribution in [-0.4, -0.2) is 69.5 Å². The minimum atomic E-state index is 0.645. The maximum atomic E-state index is 5.48. The van der Waals surface area contributed by atoms with Gasteiger partial charge in [-0.05, 0) is 23.6 Å². The van der Waals surface area contributed by atoms with E-state index in [9.17, 15) is 0 Å². The monoisotopic (exact) mass is 320 g/mol. The summed E-state index contributed by atoms with van der Waals surface area (Å²) in [6, 6.07) is 6.78. The fourth-order valence-corrected chi connectivity index (χ4v) is 3.78. The number of hydrogen-bond donors (Lipinski definition) is 0. The van der Waals surface area contributed by atoms with E-state index in [0.29, 0.717) is 12.0 Å². The van der Waals surface area contributed by atoms with Crippen molar-refractivity contribution in [3.63, 3.8) is 0 Å². The SMILES string of the molecule is COc1cc(CN2C[C@@H](N3CCOCC3)[C@@H](C)C2)cc(OC)c1. The molecule has 1 aromatic rings. The fourth-order valence-electron chi connectivity index (χ4n) is 3.78. The number of rotatable bonds is 5. The van der Waals surface area contributed by atoms with Crippen LogP contribution in [0.15, 0.2) is 18.2 Å². The molecule has 0 amide bonds. The van der Waals surface area contributed by atoms with Crippen molar-refractivity contribution >= 4 is 0 Å². The van der Waals surface area contributed by atoms with Gasteiger partial charge in [0.05, 0.1) is 27.4 Å². The average molecular weight is 320 g/mol. The van der Waals surface area contributed by atoms with Crippen molar-refractivity contribution in [2.75, 3.05) is 53.6 Å². The Morgan fingerprint density at radius 1 is 1.04 bits per heavy atom. The van der Waals surface area contributed by atoms with Crippen LogP contribution in [0.4, 0.5) is 0 Å². The Balaban J connectivity index is 1.64. The van der Waals surface area contributed by atoms with Gasteiger partial charge in [-0.2, -0.15) is 0 Å². The Bertz CT molecular complexity index is 495. The summed E-state index contributed by atoms with van der Waals surface area (Å²) in [4.78, 5) is 5.14. The fraction of sp³-hybridized carbons (Fsp3) is 0.667. The summed E-state index contributed by atoms with van der Waals surface area (Å²) in [7, 11) is 3.40. The van der Waals surface area contributed by atoms with Crippen LogP contribution in [0.3, 0.4) is 0 Å². The lowest BCUT2D eigenvalue weighted by Crippen LogP contribution is -2.46. The van der Waals surface area contributed by atoms with Gasteiger partial charge in [0, 0.05) is 44.8 Å². The van der Waals surface area contributed by atoms with E-state index in [0.717, 1.165) is 57.4 Å². The zero-order valence-corrected chi connectivity index (χ0v) is 14.5. The molecule has 2 heterocycles. The van der Waals surface area contributed by atoms with E-state index in [-0.39, 0.29) is 0 Å². The van der Waals surface area contributed by atoms with E-state index in [1.165, 1.54) is 5.56 Å². The van der Waals surface area contributed by atoms with Crippen molar-refractivity contribution in [3.05, 3.63) is 23.8 Å². The smallest absolute Gasteiger partial charge is 0.122 e. The molecule has 23 heavy (non-hydrogen) atoms. The average Bonchev–Trinajstić information content (AvgIpc) is 2.95. The van der Waals surface area contributed by atoms with Crippen LogP contribution in [-0.2, 0) is 11.3 Å². The molecule has 5 heteroatoms. The summed E-state index contributed by atoms with van der Waals surface area (Å²) in [5.74, 6) is 2.41. The lowest BCUT2D eigenvalue weighted by atomic mass is 10.0. The molecule has 0 aliphatic carbocycles. The van der Waals surface area contributed by atoms with E-state index in [2.05, 4.69) is 28.9 Å². The Labute approximate surface area is 139 Å². The summed E-state index contributed by atoms with van der Waals surface area (Å²) in [5, 5.41) is 0. The van der Waals surface area contributed by atoms with Gasteiger partial charge in [0.1, 0.15) is 11.5 Å². The van der Waals surface area contributed by atoms with Gasteiger partial charge in [-0.3, -0.25) is 9.80 Å². The van der Waals surface area contributed by atoms with Crippen LogP contribution in [0, 0.1) is 5.92 Å². The maximum absolute atomic E-state index is 5.48. The Morgan fingerprint density at radius 2 is 1.70 bits per heavy atom. The first-order chi connectivity index (χ1) is 11.2. The lowest BCUT2D eigenvalue weighted by molar-refractivity contribution is 0.0118. The molecule has 2 aliphatic heterocycles. The predicted molar refractivity (Wildman–Crippen MR) is 90.2 cm³/mol. The van der Waals surface area contributed by atoms with Crippen LogP contribution in [0.5, 0.6) is 11.5 Å². The largest absolute Gasteiger partial charge is 0.497 e. The van der Waals surface area contributed by atoms with Crippen molar-refractivity contribution in [3.8, 4) is 11.5 Å². The van der Waals surface area contributed by atoms with Crippen LogP contribution < -0.4 is 9.47 Å². The van der Waals surface area contributed by atoms with E-state index >= 15 is 0 Å². The Hall–Kier alpha value is -1.30. The third-order valence-corrected chi connectivity index (χ3v) is 4.98. The zero-order valence-electron chi connectivity index (χ0n) is 14.5. The number of hydrogen-bond acceptors (Lipinski definition) is 5. The van der Waals surface area contributed by atoms with Gasteiger partial charge in [0.25, 0.3) is 0 Å². The molecule has 1 aromatic carbocycles. The number of benzene rings is 1. The molecule has 0 N–H and O–H groups in total. The molecule has 3 rings (SSSR count). The second-order valence-corrected chi connectivity index (χ2v) is 6.61. The molecule has 0 radical (unpaired) electrons. The van der Waals surface area contributed by atoms with Gasteiger partial charge in [0.2, 0.25) is 0 Å². The van der Waals surface area contributed by atoms with E-state index < -0.39 is 0 Å². The first kappa shape index (κ1) is 16.6. The number of methoxy groups -OCH3 is 2. The lowest BCUT2D eigenvalue weighted by Gasteiger charge is -2.34. The van der Waals surface area contributed by atoms with E-state index in [4.69, 9.17) is 14.2 Å². The van der Waals surface area contributed by atoms with Gasteiger partial charge in [-0.1, -0.05) is 6.92 Å². The Morgan fingerprint density at radius 3 is 2.30 bits per heavy atom. The first-order valence-electron chi connectivity index (χ1n) is 8.45. The molecule has 128 valence electrons. The summed E-state index contributed by atoms with van der Waals surface area (Å²) < 4.78 is 16.2. The standard InChI is InChI=1S/C18H28N2O3/c1-14-11-19(13-18(14)20-4-6-23-7-5-20)12-15-8-16(21-2)10-17(9-15)22-3/h8-10,14,18H,4-7,11-13H2,1-3H3/t14-,18+/m0/s1. The summed E-state index contributed by atoms with van der Waals surface area (Å²) in [5.41, 5.74) is 1.25. The summed E-state index contributed by atoms with van der Waals surface area (Å²) in [6.07, 6.45) is 0. The highest BCUT2D eigenvalue weighted by atomic mass is 16.5. The first-order valence-corrected chi connectivity index (χ1v) is 8.45. The third-order valence-electron chi connectivity index (χ3n) is 4.98. The van der Waals surface area contributed by atoms with E-state index in [1.54, 1.807) is 14.2 Å². The molecule has 2 fully saturated rings. The normalized spacial score (nSPS) is 26.4. The summed E-state index contributed by atoms with van der Waals surface area (Å²) in [6.45, 7) is 9.45. The molecule has 0 saturated carbocycles. The summed E-state index contributed by atoms with van der Waals surface area (Å²) >= 11 is 0. The van der Waals surface area contributed by atoms with Crippen LogP contribution >= 0.6 is 0 Å². The van der Waals surface area contributed by atoms with Crippen molar-refractivity contribution in [2.24, 2.45) is 5.92 Å². The molecule has 0 unspecified atom stereocenters. The Kier molecular flexibility index (Phi) is 5.41. The molecule has 0 bridgehead atoms. The molecular formula is C18H28N2O3. The minimum Gasteiger partial charge on any atom is -0.497 e. The van der Waals surface area contributed by atoms with Crippen LogP contribution in [0.25, 0.3) is 0 Å². The highest BCUT2D eigenvalue weighted by Gasteiger charge is 2.34. The molecule has 5 nitrogen and oxygen atoms in total. The molecule has 2 aliphatic rings. The van der Waals surface area contributed by atoms with Gasteiger partial charge >= 0.3 is 0 Å². The predicted octanol–water partition coefficient (Wildman–Crippen LogP) is 1.86. The second kappa shape index (κ2) is 7.51. The zero-order chi connectivity index (χ0) is 16.2. The molecular weight excluding hydrogens is 292 g/mol. The number of ether oxygens (including phenoxy) is 3. The third kappa shape index (κ3) is 3.97. The van der Waals surface area contributed by atoms with Crippen LogP contribution in [0.2, 0.25) is 0 Å². The molecule has 2 atom stereocenters. The molecule has 2 saturated heterocycles. The van der Waals surface area contributed by atoms with Gasteiger partial charge in [0.15, 0.2) is 0 Å². The van der Waals surface area contributed by atoms with Crippen molar-refractivity contribution in [1.29, 1.82) is 0 Å². The van der Waals surface area contributed by atoms with Gasteiger partial charge in [-0.25, -0.2) is 0 Å². The van der Waals surface area contributed by atoms with E-state index in [1.807, 2.05) is 6.07 Å². The van der Waals surface area contributed by atoms with Crippen molar-refractivity contribution < 1.29 is 14.2 Å². The van der Waals surface area contributed by atoms with Crippen molar-refractivity contribution in [1.82, 2.24) is 9.80 Å². The maximum Gasteiger partial charge on any atom is 0.122 e. The topological polar surface area (TPSA) is 34.2 Å². The number of morpholine rings is 1. The van der Waals surface area contributed by atoms with Gasteiger partial charge < -0.3 is 14.2 Å². The molecule has 0 spiro atoms. The second-order valence-electron chi connectivity index (χ2n) is 6.61. The number of nitrogens with zero attached hydrogens (tertiary/aromatic N) is 2. The highest BCUT2D eigenvalue weighted by molar-refractivity contribution is 5.38.